The van der Waals surface area contributed by atoms with E-state index in [0.717, 1.165) is 5.56 Å². The van der Waals surface area contributed by atoms with Gasteiger partial charge < -0.3 is 15.2 Å². The first-order chi connectivity index (χ1) is 9.66. The summed E-state index contributed by atoms with van der Waals surface area (Å²) in [6.07, 6.45) is 0.849. The van der Waals surface area contributed by atoms with E-state index in [1.165, 1.54) is 12.3 Å². The van der Waals surface area contributed by atoms with Gasteiger partial charge in [0.05, 0.1) is 6.61 Å². The quantitative estimate of drug-likeness (QED) is 0.876. The predicted octanol–water partition coefficient (Wildman–Crippen LogP) is 2.33. The predicted molar refractivity (Wildman–Crippen MR) is 75.2 cm³/mol. The fourth-order valence-electron chi connectivity index (χ4n) is 1.58. The van der Waals surface area contributed by atoms with Crippen LogP contribution in [-0.2, 0) is 16.1 Å². The molecule has 0 bridgehead atoms. The van der Waals surface area contributed by atoms with Crippen molar-refractivity contribution in [3.05, 3.63) is 54.2 Å². The lowest BCUT2D eigenvalue weighted by Gasteiger charge is -2.13. The molecule has 0 spiro atoms. The van der Waals surface area contributed by atoms with Gasteiger partial charge >= 0.3 is 0 Å². The van der Waals surface area contributed by atoms with Gasteiger partial charge in [0.25, 0.3) is 5.91 Å². The smallest absolute Gasteiger partial charge is 0.254 e. The molecule has 0 radical (unpaired) electrons. The Hall–Kier alpha value is -2.40. The third-order valence-corrected chi connectivity index (χ3v) is 2.74. The summed E-state index contributed by atoms with van der Waals surface area (Å²) < 4.78 is 5.48. The molecule has 0 fully saturated rings. The van der Waals surface area contributed by atoms with Crippen LogP contribution in [0.15, 0.2) is 48.7 Å². The number of carbonyl (C=O) groups excluding carboxylic acids is 1. The fourth-order valence-corrected chi connectivity index (χ4v) is 1.58. The summed E-state index contributed by atoms with van der Waals surface area (Å²) in [7, 11) is 0. The summed E-state index contributed by atoms with van der Waals surface area (Å²) >= 11 is 0. The van der Waals surface area contributed by atoms with Crippen LogP contribution in [0, 0.1) is 0 Å². The van der Waals surface area contributed by atoms with Crippen molar-refractivity contribution in [2.75, 3.05) is 5.32 Å². The number of anilines is 1. The Bertz CT molecular complexity index is 572. The van der Waals surface area contributed by atoms with E-state index in [1.807, 2.05) is 30.3 Å². The molecule has 5 nitrogen and oxygen atoms in total. The average molecular weight is 272 g/mol. The van der Waals surface area contributed by atoms with Crippen molar-refractivity contribution in [2.45, 2.75) is 19.6 Å². The maximum atomic E-state index is 11.9. The largest absolute Gasteiger partial charge is 0.504 e. The molecule has 2 rings (SSSR count). The summed E-state index contributed by atoms with van der Waals surface area (Å²) in [5, 5.41) is 12.1. The molecule has 1 aromatic carbocycles. The lowest BCUT2D eigenvalue weighted by molar-refractivity contribution is -0.127. The van der Waals surface area contributed by atoms with Crippen LogP contribution in [0.3, 0.4) is 0 Å². The summed E-state index contributed by atoms with van der Waals surface area (Å²) in [6, 6.07) is 12.6. The van der Waals surface area contributed by atoms with E-state index in [2.05, 4.69) is 10.3 Å². The highest BCUT2D eigenvalue weighted by molar-refractivity contribution is 5.94. The van der Waals surface area contributed by atoms with Gasteiger partial charge in [-0.1, -0.05) is 30.3 Å². The second-order valence-electron chi connectivity index (χ2n) is 4.30. The number of hydrogen-bond donors (Lipinski definition) is 2. The molecule has 2 N–H and O–H groups in total. The van der Waals surface area contributed by atoms with Gasteiger partial charge in [-0.3, -0.25) is 4.79 Å². The van der Waals surface area contributed by atoms with Crippen LogP contribution in [0.2, 0.25) is 0 Å². The highest BCUT2D eigenvalue weighted by Gasteiger charge is 2.15. The summed E-state index contributed by atoms with van der Waals surface area (Å²) in [5.41, 5.74) is 0.993. The van der Waals surface area contributed by atoms with Crippen LogP contribution in [0.4, 0.5) is 5.82 Å². The van der Waals surface area contributed by atoms with Gasteiger partial charge in [-0.15, -0.1) is 0 Å². The molecule has 0 aliphatic rings. The lowest BCUT2D eigenvalue weighted by Crippen LogP contribution is -2.28. The molecule has 5 heteroatoms. The van der Waals surface area contributed by atoms with Gasteiger partial charge in [-0.25, -0.2) is 4.98 Å². The Morgan fingerprint density at radius 1 is 1.30 bits per heavy atom. The number of ether oxygens (including phenoxy) is 1. The first-order valence-corrected chi connectivity index (χ1v) is 6.27. The van der Waals surface area contributed by atoms with E-state index in [9.17, 15) is 9.90 Å². The SMILES string of the molecule is C[C@H](OCc1ccccc1)C(=O)Nc1ncccc1O. The standard InChI is InChI=1S/C15H16N2O3/c1-11(20-10-12-6-3-2-4-7-12)15(19)17-14-13(18)8-5-9-16-14/h2-9,11,18H,10H2,1H3,(H,16,17,19)/t11-/m0/s1. The van der Waals surface area contributed by atoms with Gasteiger partial charge in [0.15, 0.2) is 11.6 Å². The Kier molecular flexibility index (Phi) is 4.68. The summed E-state index contributed by atoms with van der Waals surface area (Å²) in [6.45, 7) is 2.00. The average Bonchev–Trinajstić information content (AvgIpc) is 2.48. The number of benzene rings is 1. The molecule has 1 aromatic heterocycles. The number of carbonyl (C=O) groups is 1. The Morgan fingerprint density at radius 3 is 2.75 bits per heavy atom. The monoisotopic (exact) mass is 272 g/mol. The van der Waals surface area contributed by atoms with E-state index in [4.69, 9.17) is 4.74 Å². The van der Waals surface area contributed by atoms with Crippen LogP contribution in [0.25, 0.3) is 0 Å². The number of pyridine rings is 1. The topological polar surface area (TPSA) is 71.5 Å². The first kappa shape index (κ1) is 14.0. The molecule has 1 amide bonds. The molecule has 20 heavy (non-hydrogen) atoms. The van der Waals surface area contributed by atoms with E-state index in [0.29, 0.717) is 6.61 Å². The number of nitrogens with one attached hydrogen (secondary N) is 1. The van der Waals surface area contributed by atoms with E-state index >= 15 is 0 Å². The van der Waals surface area contributed by atoms with Crippen molar-refractivity contribution < 1.29 is 14.6 Å². The van der Waals surface area contributed by atoms with Gasteiger partial charge in [-0.05, 0) is 24.6 Å². The number of amides is 1. The molecule has 0 saturated carbocycles. The van der Waals surface area contributed by atoms with Crippen LogP contribution in [-0.4, -0.2) is 22.1 Å². The molecule has 0 aliphatic heterocycles. The molecule has 1 atom stereocenters. The van der Waals surface area contributed by atoms with Crippen molar-refractivity contribution in [2.24, 2.45) is 0 Å². The molecule has 0 aliphatic carbocycles. The van der Waals surface area contributed by atoms with E-state index in [1.54, 1.807) is 13.0 Å². The van der Waals surface area contributed by atoms with Gasteiger partial charge in [0.2, 0.25) is 0 Å². The lowest BCUT2D eigenvalue weighted by atomic mass is 10.2. The second kappa shape index (κ2) is 6.68. The Labute approximate surface area is 117 Å². The number of aromatic hydroxyl groups is 1. The zero-order chi connectivity index (χ0) is 14.4. The fraction of sp³-hybridized carbons (Fsp3) is 0.200. The van der Waals surface area contributed by atoms with Gasteiger partial charge in [-0.2, -0.15) is 0 Å². The molecular formula is C15H16N2O3. The Morgan fingerprint density at radius 2 is 2.05 bits per heavy atom. The van der Waals surface area contributed by atoms with Crippen molar-refractivity contribution in [1.82, 2.24) is 4.98 Å². The maximum Gasteiger partial charge on any atom is 0.254 e. The van der Waals surface area contributed by atoms with Crippen molar-refractivity contribution >= 4 is 11.7 Å². The summed E-state index contributed by atoms with van der Waals surface area (Å²) in [5.74, 6) is -0.293. The minimum Gasteiger partial charge on any atom is -0.504 e. The normalized spacial score (nSPS) is 11.8. The van der Waals surface area contributed by atoms with Gasteiger partial charge in [0.1, 0.15) is 6.10 Å². The Balaban J connectivity index is 1.88. The molecule has 1 heterocycles. The minimum atomic E-state index is -0.642. The van der Waals surface area contributed by atoms with E-state index in [-0.39, 0.29) is 17.5 Å². The molecule has 2 aromatic rings. The zero-order valence-electron chi connectivity index (χ0n) is 11.1. The van der Waals surface area contributed by atoms with E-state index < -0.39 is 6.10 Å². The van der Waals surface area contributed by atoms with Gasteiger partial charge in [0, 0.05) is 6.20 Å². The number of aromatic nitrogens is 1. The van der Waals surface area contributed by atoms with Crippen LogP contribution in [0.1, 0.15) is 12.5 Å². The first-order valence-electron chi connectivity index (χ1n) is 6.27. The molecule has 0 saturated heterocycles. The van der Waals surface area contributed by atoms with Crippen molar-refractivity contribution in [3.63, 3.8) is 0 Å². The number of rotatable bonds is 5. The second-order valence-corrected chi connectivity index (χ2v) is 4.30. The third-order valence-electron chi connectivity index (χ3n) is 2.74. The highest BCUT2D eigenvalue weighted by Crippen LogP contribution is 2.18. The molecule has 0 unspecified atom stereocenters. The van der Waals surface area contributed by atoms with Crippen LogP contribution in [0.5, 0.6) is 5.75 Å². The highest BCUT2D eigenvalue weighted by atomic mass is 16.5. The van der Waals surface area contributed by atoms with Crippen LogP contribution >= 0.6 is 0 Å². The summed E-state index contributed by atoms with van der Waals surface area (Å²) in [4.78, 5) is 15.8. The zero-order valence-corrected chi connectivity index (χ0v) is 11.1. The number of nitrogens with zero attached hydrogens (tertiary/aromatic N) is 1. The van der Waals surface area contributed by atoms with Crippen molar-refractivity contribution in [1.29, 1.82) is 0 Å². The van der Waals surface area contributed by atoms with Crippen molar-refractivity contribution in [3.8, 4) is 5.75 Å². The molecular weight excluding hydrogens is 256 g/mol. The van der Waals surface area contributed by atoms with Crippen LogP contribution < -0.4 is 5.32 Å². The third kappa shape index (κ3) is 3.80. The number of hydrogen-bond acceptors (Lipinski definition) is 4. The molecule has 104 valence electrons. The minimum absolute atomic E-state index is 0.0730. The maximum absolute atomic E-state index is 11.9.